The zero-order chi connectivity index (χ0) is 11.5. The zero-order valence-corrected chi connectivity index (χ0v) is 8.28. The molecule has 2 nitrogen and oxygen atoms in total. The van der Waals surface area contributed by atoms with Gasteiger partial charge in [0.1, 0.15) is 23.0 Å². The summed E-state index contributed by atoms with van der Waals surface area (Å²) in [4.78, 5) is 0. The molecule has 2 aromatic rings. The van der Waals surface area contributed by atoms with E-state index < -0.39 is 11.6 Å². The Balaban J connectivity index is 2.28. The van der Waals surface area contributed by atoms with E-state index in [9.17, 15) is 14.0 Å². The van der Waals surface area contributed by atoms with Crippen molar-refractivity contribution in [2.75, 3.05) is 0 Å². The molecule has 0 fully saturated rings. The van der Waals surface area contributed by atoms with Gasteiger partial charge in [0.2, 0.25) is 0 Å². The fourth-order valence-corrected chi connectivity index (χ4v) is 1.37. The van der Waals surface area contributed by atoms with Crippen LogP contribution in [0.5, 0.6) is 0 Å². The van der Waals surface area contributed by atoms with E-state index in [0.717, 1.165) is 0 Å². The van der Waals surface area contributed by atoms with Gasteiger partial charge in [-0.15, -0.1) is 0 Å². The van der Waals surface area contributed by atoms with Crippen LogP contribution in [-0.4, -0.2) is 0 Å². The van der Waals surface area contributed by atoms with Gasteiger partial charge >= 0.3 is 0 Å². The van der Waals surface area contributed by atoms with Crippen molar-refractivity contribution in [2.45, 2.75) is 0 Å². The Bertz CT molecular complexity index is 422. The van der Waals surface area contributed by atoms with Gasteiger partial charge in [-0.05, 0) is 24.3 Å². The summed E-state index contributed by atoms with van der Waals surface area (Å²) in [5.41, 5.74) is 0.765. The van der Waals surface area contributed by atoms with E-state index in [1.807, 2.05) is 0 Å². The first kappa shape index (κ1) is 10.7. The van der Waals surface area contributed by atoms with Crippen molar-refractivity contribution in [2.24, 2.45) is 0 Å². The van der Waals surface area contributed by atoms with Crippen LogP contribution in [0.1, 0.15) is 0 Å². The maximum atomic E-state index is 12.6. The summed E-state index contributed by atoms with van der Waals surface area (Å²) in [5.74, 6) is -0.786. The monoisotopic (exact) mass is 221 g/mol. The molecule has 0 aliphatic carbocycles. The molecule has 16 heavy (non-hydrogen) atoms. The van der Waals surface area contributed by atoms with E-state index >= 15 is 0 Å². The molecule has 82 valence electrons. The lowest BCUT2D eigenvalue weighted by molar-refractivity contribution is -0.698. The predicted octanol–water partition coefficient (Wildman–Crippen LogP) is 2.31. The minimum atomic E-state index is -0.393. The molecule has 0 radical (unpaired) electrons. The van der Waals surface area contributed by atoms with E-state index in [4.69, 9.17) is 0 Å². The summed E-state index contributed by atoms with van der Waals surface area (Å²) in [5, 5.41) is 11.6. The molecule has 0 unspecified atom stereocenters. The van der Waals surface area contributed by atoms with Crippen LogP contribution in [0.25, 0.3) is 0 Å². The number of quaternary nitrogens is 1. The van der Waals surface area contributed by atoms with Gasteiger partial charge in [0.15, 0.2) is 0 Å². The number of nitrogens with one attached hydrogen (secondary N) is 1. The normalized spacial score (nSPS) is 10.8. The maximum Gasteiger partial charge on any atom is 0.136 e. The number of hydrogen-bond acceptors (Lipinski definition) is 1. The molecule has 0 amide bonds. The lowest BCUT2D eigenvalue weighted by atomic mass is 10.2. The van der Waals surface area contributed by atoms with Crippen molar-refractivity contribution >= 4 is 11.4 Å². The second-order valence-electron chi connectivity index (χ2n) is 3.34. The van der Waals surface area contributed by atoms with Gasteiger partial charge in [-0.2, -0.15) is 0 Å². The third-order valence-corrected chi connectivity index (χ3v) is 2.21. The van der Waals surface area contributed by atoms with Crippen molar-refractivity contribution in [1.82, 2.24) is 0 Å². The molecule has 0 spiro atoms. The second-order valence-corrected chi connectivity index (χ2v) is 3.34. The molecule has 0 saturated carbocycles. The topological polar surface area (TPSA) is 27.5 Å². The molecule has 2 rings (SSSR count). The van der Waals surface area contributed by atoms with Crippen LogP contribution >= 0.6 is 0 Å². The third kappa shape index (κ3) is 2.24. The predicted molar refractivity (Wildman–Crippen MR) is 56.4 cm³/mol. The molecule has 2 aromatic carbocycles. The summed E-state index contributed by atoms with van der Waals surface area (Å²) in [6.45, 7) is 0. The molecule has 0 aromatic heterocycles. The van der Waals surface area contributed by atoms with Gasteiger partial charge in [0.25, 0.3) is 0 Å². The molecule has 0 saturated heterocycles. The molecule has 0 aliphatic rings. The van der Waals surface area contributed by atoms with Gasteiger partial charge in [-0.3, -0.25) is 0 Å². The molecule has 1 N–H and O–H groups in total. The van der Waals surface area contributed by atoms with Crippen molar-refractivity contribution in [1.29, 1.82) is 0 Å². The van der Waals surface area contributed by atoms with Gasteiger partial charge in [-0.25, -0.2) is 8.78 Å². The SMILES string of the molecule is [O-][NH+](c1ccc(F)cc1)c1ccc(F)cc1. The fraction of sp³-hybridized carbons (Fsp3) is 0. The standard InChI is InChI=1S/C12H9F2NO/c13-9-1-5-11(6-2-9)15(16)12-7-3-10(14)4-8-12/h1-8,15H. The van der Waals surface area contributed by atoms with Crippen LogP contribution in [0.2, 0.25) is 0 Å². The van der Waals surface area contributed by atoms with Crippen molar-refractivity contribution in [3.05, 3.63) is 65.4 Å². The number of rotatable bonds is 2. The Kier molecular flexibility index (Phi) is 2.94. The van der Waals surface area contributed by atoms with E-state index in [-0.39, 0.29) is 5.06 Å². The molecule has 0 atom stereocenters. The Morgan fingerprint density at radius 2 is 1.00 bits per heavy atom. The van der Waals surface area contributed by atoms with Gasteiger partial charge in [0.05, 0.1) is 0 Å². The fourth-order valence-electron chi connectivity index (χ4n) is 1.37. The second kappa shape index (κ2) is 4.38. The van der Waals surface area contributed by atoms with Crippen LogP contribution in [0.3, 0.4) is 0 Å². The van der Waals surface area contributed by atoms with E-state index in [1.165, 1.54) is 48.5 Å². The van der Waals surface area contributed by atoms with Gasteiger partial charge in [0, 0.05) is 24.3 Å². The average Bonchev–Trinajstić information content (AvgIpc) is 2.30. The van der Waals surface area contributed by atoms with Crippen molar-refractivity contribution in [3.8, 4) is 0 Å². The number of halogens is 2. The first-order chi connectivity index (χ1) is 7.66. The van der Waals surface area contributed by atoms with E-state index in [2.05, 4.69) is 0 Å². The lowest BCUT2D eigenvalue weighted by Gasteiger charge is -2.20. The summed E-state index contributed by atoms with van der Waals surface area (Å²) in [7, 11) is 0. The van der Waals surface area contributed by atoms with Gasteiger partial charge < -0.3 is 10.3 Å². The highest BCUT2D eigenvalue weighted by Crippen LogP contribution is 2.09. The Morgan fingerprint density at radius 1 is 0.688 bits per heavy atom. The van der Waals surface area contributed by atoms with Crippen LogP contribution in [-0.2, 0) is 0 Å². The maximum absolute atomic E-state index is 12.6. The van der Waals surface area contributed by atoms with Crippen molar-refractivity contribution in [3.63, 3.8) is 0 Å². The van der Waals surface area contributed by atoms with E-state index in [0.29, 0.717) is 11.4 Å². The quantitative estimate of drug-likeness (QED) is 0.774. The van der Waals surface area contributed by atoms with Crippen LogP contribution in [0.15, 0.2) is 48.5 Å². The Labute approximate surface area is 91.3 Å². The largest absolute Gasteiger partial charge is 0.623 e. The molecule has 0 aliphatic heterocycles. The van der Waals surface area contributed by atoms with Crippen LogP contribution in [0, 0.1) is 16.8 Å². The van der Waals surface area contributed by atoms with E-state index in [1.54, 1.807) is 0 Å². The first-order valence-corrected chi connectivity index (χ1v) is 4.72. The highest BCUT2D eigenvalue weighted by Gasteiger charge is 2.06. The molecular weight excluding hydrogens is 212 g/mol. The molecule has 4 heteroatoms. The smallest absolute Gasteiger partial charge is 0.136 e. The summed E-state index contributed by atoms with van der Waals surface area (Å²) < 4.78 is 25.3. The number of hydrogen-bond donors (Lipinski definition) is 1. The minimum Gasteiger partial charge on any atom is -0.623 e. The Morgan fingerprint density at radius 3 is 1.31 bits per heavy atom. The molecular formula is C12H9F2NO. The Hall–Kier alpha value is -1.78. The lowest BCUT2D eigenvalue weighted by Crippen LogP contribution is -2.96. The minimum absolute atomic E-state index is 0.250. The summed E-state index contributed by atoms with van der Waals surface area (Å²) in [6.07, 6.45) is 0. The number of benzene rings is 2. The highest BCUT2D eigenvalue weighted by molar-refractivity contribution is 5.37. The summed E-state index contributed by atoms with van der Waals surface area (Å²) in [6, 6.07) is 10.5. The first-order valence-electron chi connectivity index (χ1n) is 4.72. The van der Waals surface area contributed by atoms with Crippen LogP contribution in [0.4, 0.5) is 20.2 Å². The average molecular weight is 221 g/mol. The molecule has 0 heterocycles. The van der Waals surface area contributed by atoms with Gasteiger partial charge in [-0.1, -0.05) is 0 Å². The third-order valence-electron chi connectivity index (χ3n) is 2.21. The highest BCUT2D eigenvalue weighted by atomic mass is 19.1. The zero-order valence-electron chi connectivity index (χ0n) is 8.28. The van der Waals surface area contributed by atoms with Crippen molar-refractivity contribution < 1.29 is 13.8 Å². The van der Waals surface area contributed by atoms with Crippen LogP contribution < -0.4 is 5.06 Å². The summed E-state index contributed by atoms with van der Waals surface area (Å²) >= 11 is 0. The molecule has 0 bridgehead atoms.